The molecular weight excluding hydrogens is 297 g/mol. The second-order valence-corrected chi connectivity index (χ2v) is 3.24. The maximum atomic E-state index is 12.4. The van der Waals surface area contributed by atoms with Gasteiger partial charge in [0.25, 0.3) is 5.13 Å². The van der Waals surface area contributed by atoms with E-state index in [4.69, 9.17) is 0 Å². The lowest BCUT2D eigenvalue weighted by atomic mass is 10.2. The molecule has 1 atom stereocenters. The molecule has 0 aliphatic heterocycles. The zero-order valence-electron chi connectivity index (χ0n) is 7.23. The SMILES string of the molecule is FC(=CC(F)(Cl)C(F)(F)F)C(F)(F)C(F)(F)F. The number of rotatable bonds is 2. The van der Waals surface area contributed by atoms with Gasteiger partial charge in [0.05, 0.1) is 0 Å². The van der Waals surface area contributed by atoms with Gasteiger partial charge in [-0.15, -0.1) is 0 Å². The minimum Gasteiger partial charge on any atom is -0.211 e. The molecule has 0 amide bonds. The highest BCUT2D eigenvalue weighted by atomic mass is 35.5. The Morgan fingerprint density at radius 3 is 1.35 bits per heavy atom. The summed E-state index contributed by atoms with van der Waals surface area (Å²) in [6.45, 7) is 0. The molecule has 1 unspecified atom stereocenters. The molecule has 17 heavy (non-hydrogen) atoms. The lowest BCUT2D eigenvalue weighted by Gasteiger charge is -2.21. The van der Waals surface area contributed by atoms with Gasteiger partial charge in [0, 0.05) is 6.08 Å². The summed E-state index contributed by atoms with van der Waals surface area (Å²) in [5.41, 5.74) is 0. The van der Waals surface area contributed by atoms with E-state index in [1.807, 2.05) is 0 Å². The molecule has 0 N–H and O–H groups in total. The van der Waals surface area contributed by atoms with Gasteiger partial charge < -0.3 is 0 Å². The summed E-state index contributed by atoms with van der Waals surface area (Å²) >= 11 is 3.95. The van der Waals surface area contributed by atoms with Crippen LogP contribution >= 0.6 is 11.6 Å². The van der Waals surface area contributed by atoms with E-state index >= 15 is 0 Å². The Morgan fingerprint density at radius 2 is 1.12 bits per heavy atom. The van der Waals surface area contributed by atoms with Crippen molar-refractivity contribution >= 4 is 11.6 Å². The van der Waals surface area contributed by atoms with Crippen LogP contribution in [0.15, 0.2) is 11.9 Å². The number of alkyl halides is 10. The van der Waals surface area contributed by atoms with Gasteiger partial charge in [0.15, 0.2) is 5.83 Å². The Bertz CT molecular complexity index is 308. The first-order valence-corrected chi connectivity index (χ1v) is 3.78. The van der Waals surface area contributed by atoms with E-state index < -0.39 is 35.3 Å². The summed E-state index contributed by atoms with van der Waals surface area (Å²) in [6.07, 6.45) is -14.2. The molecule has 0 bridgehead atoms. The number of hydrogen-bond donors (Lipinski definition) is 0. The molecule has 102 valence electrons. The maximum absolute atomic E-state index is 12.4. The molecule has 0 aliphatic rings. The first-order valence-electron chi connectivity index (χ1n) is 3.41. The van der Waals surface area contributed by atoms with E-state index in [1.54, 1.807) is 0 Å². The highest BCUT2D eigenvalue weighted by Crippen LogP contribution is 2.46. The molecule has 0 saturated carbocycles. The van der Waals surface area contributed by atoms with Crippen molar-refractivity contribution in [2.24, 2.45) is 0 Å². The smallest absolute Gasteiger partial charge is 0.211 e. The quantitative estimate of drug-likeness (QED) is 0.520. The van der Waals surface area contributed by atoms with E-state index in [2.05, 4.69) is 11.6 Å². The van der Waals surface area contributed by atoms with Crippen LogP contribution in [0.1, 0.15) is 0 Å². The normalized spacial score (nSPS) is 19.1. The van der Waals surface area contributed by atoms with Gasteiger partial charge in [-0.2, -0.15) is 35.1 Å². The van der Waals surface area contributed by atoms with E-state index in [1.165, 1.54) is 0 Å². The number of hydrogen-bond acceptors (Lipinski definition) is 0. The molecule has 0 nitrogen and oxygen atoms in total. The fourth-order valence-corrected chi connectivity index (χ4v) is 0.563. The zero-order valence-corrected chi connectivity index (χ0v) is 7.99. The van der Waals surface area contributed by atoms with E-state index in [0.29, 0.717) is 0 Å². The van der Waals surface area contributed by atoms with E-state index in [-0.39, 0.29) is 0 Å². The molecule has 0 heterocycles. The third-order valence-electron chi connectivity index (χ3n) is 1.34. The average Bonchev–Trinajstić information content (AvgIpc) is 1.98. The van der Waals surface area contributed by atoms with Crippen LogP contribution in [0, 0.1) is 0 Å². The van der Waals surface area contributed by atoms with Crippen LogP contribution in [0.4, 0.5) is 43.9 Å². The van der Waals surface area contributed by atoms with Gasteiger partial charge in [0.1, 0.15) is 0 Å². The number of allylic oxidation sites excluding steroid dienone is 2. The second kappa shape index (κ2) is 4.21. The molecule has 0 aromatic heterocycles. The summed E-state index contributed by atoms with van der Waals surface area (Å²) in [5, 5.41) is -5.16. The molecule has 0 spiro atoms. The predicted octanol–water partition coefficient (Wildman–Crippen LogP) is 4.50. The van der Waals surface area contributed by atoms with Crippen molar-refractivity contribution in [2.45, 2.75) is 23.4 Å². The summed E-state index contributed by atoms with van der Waals surface area (Å²) in [5.74, 6) is -9.94. The summed E-state index contributed by atoms with van der Waals surface area (Å²) < 4.78 is 118. The fraction of sp³-hybridized carbons (Fsp3) is 0.667. The Morgan fingerprint density at radius 1 is 0.765 bits per heavy atom. The van der Waals surface area contributed by atoms with Crippen LogP contribution in [0.25, 0.3) is 0 Å². The van der Waals surface area contributed by atoms with E-state index in [0.717, 1.165) is 0 Å². The van der Waals surface area contributed by atoms with Gasteiger partial charge in [-0.05, 0) is 0 Å². The van der Waals surface area contributed by atoms with Gasteiger partial charge in [-0.3, -0.25) is 0 Å². The van der Waals surface area contributed by atoms with Gasteiger partial charge in [-0.25, -0.2) is 8.78 Å². The molecular formula is C6HClF10. The van der Waals surface area contributed by atoms with Gasteiger partial charge in [0.2, 0.25) is 0 Å². The number of halogens is 11. The van der Waals surface area contributed by atoms with Crippen molar-refractivity contribution in [3.63, 3.8) is 0 Å². The summed E-state index contributed by atoms with van der Waals surface area (Å²) in [4.78, 5) is 0. The van der Waals surface area contributed by atoms with Gasteiger partial charge >= 0.3 is 18.3 Å². The topological polar surface area (TPSA) is 0 Å². The highest BCUT2D eigenvalue weighted by molar-refractivity contribution is 6.24. The van der Waals surface area contributed by atoms with Crippen LogP contribution in [0.2, 0.25) is 0 Å². The minimum atomic E-state index is -6.51. The van der Waals surface area contributed by atoms with Crippen LogP contribution in [-0.4, -0.2) is 23.4 Å². The molecule has 0 radical (unpaired) electrons. The Labute approximate surface area is 91.8 Å². The first-order chi connectivity index (χ1) is 7.13. The minimum absolute atomic E-state index is 1.68. The Balaban J connectivity index is 5.40. The second-order valence-electron chi connectivity index (χ2n) is 2.69. The third kappa shape index (κ3) is 3.39. The van der Waals surface area contributed by atoms with Crippen molar-refractivity contribution in [3.05, 3.63) is 11.9 Å². The molecule has 0 aromatic carbocycles. The predicted molar refractivity (Wildman–Crippen MR) is 35.9 cm³/mol. The fourth-order valence-electron chi connectivity index (χ4n) is 0.467. The summed E-state index contributed by atoms with van der Waals surface area (Å²) in [6, 6.07) is 0. The van der Waals surface area contributed by atoms with Crippen molar-refractivity contribution < 1.29 is 43.9 Å². The lowest BCUT2D eigenvalue weighted by Crippen LogP contribution is -2.40. The zero-order chi connectivity index (χ0) is 14.3. The van der Waals surface area contributed by atoms with Crippen LogP contribution in [-0.2, 0) is 0 Å². The van der Waals surface area contributed by atoms with E-state index in [9.17, 15) is 43.9 Å². The standard InChI is InChI=1S/C6HClF10/c7-3(9,5(12,13)14)1-2(8)4(10,11)6(15,16)17/h1H. The third-order valence-corrected chi connectivity index (χ3v) is 1.67. The van der Waals surface area contributed by atoms with Crippen LogP contribution < -0.4 is 0 Å². The molecule has 0 rings (SSSR count). The van der Waals surface area contributed by atoms with Crippen molar-refractivity contribution in [3.8, 4) is 0 Å². The Hall–Kier alpha value is -0.670. The van der Waals surface area contributed by atoms with Crippen LogP contribution in [0.3, 0.4) is 0 Å². The molecule has 0 fully saturated rings. The molecule has 11 heteroatoms. The summed E-state index contributed by atoms with van der Waals surface area (Å²) in [7, 11) is 0. The Kier molecular flexibility index (Phi) is 4.05. The highest BCUT2D eigenvalue weighted by Gasteiger charge is 2.63. The largest absolute Gasteiger partial charge is 0.460 e. The monoisotopic (exact) mass is 298 g/mol. The maximum Gasteiger partial charge on any atom is 0.460 e. The van der Waals surface area contributed by atoms with Crippen LogP contribution in [0.5, 0.6) is 0 Å². The average molecular weight is 299 g/mol. The lowest BCUT2D eigenvalue weighted by molar-refractivity contribution is -0.271. The first kappa shape index (κ1) is 16.3. The van der Waals surface area contributed by atoms with Crippen molar-refractivity contribution in [1.29, 1.82) is 0 Å². The van der Waals surface area contributed by atoms with Crippen molar-refractivity contribution in [1.82, 2.24) is 0 Å². The molecule has 0 aromatic rings. The van der Waals surface area contributed by atoms with Crippen molar-refractivity contribution in [2.75, 3.05) is 0 Å². The molecule has 0 saturated heterocycles. The molecule has 0 aliphatic carbocycles. The van der Waals surface area contributed by atoms with Gasteiger partial charge in [-0.1, -0.05) is 11.6 Å².